The second-order valence-electron chi connectivity index (χ2n) is 3.62. The number of benzene rings is 1. The SMILES string of the molecule is C.CC(C)(C)c1ccccc1.[2HH]. The molecule has 1 aromatic carbocycles. The summed E-state index contributed by atoms with van der Waals surface area (Å²) >= 11 is 0. The Balaban J connectivity index is 0. The molecule has 0 heterocycles. The van der Waals surface area contributed by atoms with E-state index in [9.17, 15) is 0 Å². The molecule has 0 N–H and O–H groups in total. The molecule has 11 heavy (non-hydrogen) atoms. The Morgan fingerprint density at radius 2 is 1.45 bits per heavy atom. The summed E-state index contributed by atoms with van der Waals surface area (Å²) in [5.74, 6) is 0. The number of hydrogen-bond acceptors (Lipinski definition) is 0. The van der Waals surface area contributed by atoms with Gasteiger partial charge in [0.05, 0.1) is 0 Å². The molecule has 0 amide bonds. The summed E-state index contributed by atoms with van der Waals surface area (Å²) in [6, 6.07) is 10.6. The first-order chi connectivity index (χ1) is 4.61. The van der Waals surface area contributed by atoms with E-state index < -0.39 is 0 Å². The Bertz CT molecular complexity index is 196. The van der Waals surface area contributed by atoms with Gasteiger partial charge in [0.15, 0.2) is 0 Å². The van der Waals surface area contributed by atoms with Gasteiger partial charge in [-0.05, 0) is 11.0 Å². The summed E-state index contributed by atoms with van der Waals surface area (Å²) in [6.45, 7) is 6.67. The first kappa shape index (κ1) is 10.2. The second kappa shape index (κ2) is 3.56. The minimum atomic E-state index is 0. The van der Waals surface area contributed by atoms with E-state index in [2.05, 4.69) is 51.1 Å². The third-order valence-electron chi connectivity index (χ3n) is 1.64. The van der Waals surface area contributed by atoms with Crippen LogP contribution in [-0.4, -0.2) is 0 Å². The highest BCUT2D eigenvalue weighted by Gasteiger charge is 2.11. The van der Waals surface area contributed by atoms with Crippen molar-refractivity contribution in [2.24, 2.45) is 0 Å². The zero-order valence-corrected chi connectivity index (χ0v) is 6.89. The molecule has 0 aliphatic carbocycles. The van der Waals surface area contributed by atoms with Crippen molar-refractivity contribution in [2.75, 3.05) is 0 Å². The molecule has 1 aromatic rings. The largest absolute Gasteiger partial charge is 0.0776 e. The second-order valence-corrected chi connectivity index (χ2v) is 3.62. The first-order valence-electron chi connectivity index (χ1n) is 3.66. The molecule has 0 fully saturated rings. The minimum absolute atomic E-state index is 0. The molecule has 0 unspecified atom stereocenters. The standard InChI is InChI=1S/C10H14.CH4.H2/c1-10(2,3)9-7-5-4-6-8-9;;/h4-8H,1-3H3;1H4;1H/i;;1+1. The van der Waals surface area contributed by atoms with Crippen LogP contribution in [0, 0.1) is 0 Å². The van der Waals surface area contributed by atoms with Gasteiger partial charge >= 0.3 is 0 Å². The molecule has 0 saturated heterocycles. The highest BCUT2D eigenvalue weighted by atomic mass is 14.2. The lowest BCUT2D eigenvalue weighted by Gasteiger charge is -2.18. The van der Waals surface area contributed by atoms with Crippen LogP contribution in [0.1, 0.15) is 35.2 Å². The average molecular weight is 153 g/mol. The zero-order chi connectivity index (χ0) is 7.61. The maximum Gasteiger partial charge on any atom is 0 e. The maximum atomic E-state index is 2.22. The van der Waals surface area contributed by atoms with E-state index >= 15 is 0 Å². The third-order valence-corrected chi connectivity index (χ3v) is 1.64. The van der Waals surface area contributed by atoms with Crippen LogP contribution < -0.4 is 0 Å². The molecule has 0 saturated carbocycles. The summed E-state index contributed by atoms with van der Waals surface area (Å²) < 4.78 is 0. The number of rotatable bonds is 0. The Morgan fingerprint density at radius 1 is 1.00 bits per heavy atom. The summed E-state index contributed by atoms with van der Waals surface area (Å²) in [5.41, 5.74) is 1.69. The summed E-state index contributed by atoms with van der Waals surface area (Å²) in [7, 11) is 0. The minimum Gasteiger partial charge on any atom is -0.0776 e. The maximum absolute atomic E-state index is 2.22. The van der Waals surface area contributed by atoms with Gasteiger partial charge in [-0.15, -0.1) is 0 Å². The summed E-state index contributed by atoms with van der Waals surface area (Å²) in [6.07, 6.45) is 0. The molecule has 0 atom stereocenters. The molecule has 0 bridgehead atoms. The molecule has 0 aliphatic heterocycles. The highest BCUT2D eigenvalue weighted by molar-refractivity contribution is 5.21. The van der Waals surface area contributed by atoms with Crippen molar-refractivity contribution in [3.63, 3.8) is 0 Å². The lowest BCUT2D eigenvalue weighted by Crippen LogP contribution is -2.10. The van der Waals surface area contributed by atoms with Crippen LogP contribution in [0.15, 0.2) is 30.3 Å². The Labute approximate surface area is 71.7 Å². The van der Waals surface area contributed by atoms with Crippen LogP contribution in [0.25, 0.3) is 0 Å². The lowest BCUT2D eigenvalue weighted by atomic mass is 9.87. The van der Waals surface area contributed by atoms with Gasteiger partial charge in [-0.3, -0.25) is 0 Å². The Hall–Kier alpha value is -0.780. The van der Waals surface area contributed by atoms with E-state index in [0.717, 1.165) is 0 Å². The van der Waals surface area contributed by atoms with Crippen molar-refractivity contribution in [3.8, 4) is 0 Å². The van der Waals surface area contributed by atoms with E-state index in [0.29, 0.717) is 5.41 Å². The smallest absolute Gasteiger partial charge is 0 e. The van der Waals surface area contributed by atoms with Gasteiger partial charge in [0.2, 0.25) is 0 Å². The van der Waals surface area contributed by atoms with E-state index in [-0.39, 0.29) is 8.85 Å². The Morgan fingerprint density at radius 3 is 1.73 bits per heavy atom. The first-order valence-corrected chi connectivity index (χ1v) is 3.66. The van der Waals surface area contributed by atoms with Crippen molar-refractivity contribution in [2.45, 2.75) is 33.6 Å². The average Bonchev–Trinajstić information content (AvgIpc) is 1.88. The molecule has 0 spiro atoms. The summed E-state index contributed by atoms with van der Waals surface area (Å²) in [4.78, 5) is 0. The lowest BCUT2D eigenvalue weighted by molar-refractivity contribution is 0.590. The van der Waals surface area contributed by atoms with E-state index in [4.69, 9.17) is 0 Å². The van der Waals surface area contributed by atoms with Gasteiger partial charge in [0.1, 0.15) is 0 Å². The van der Waals surface area contributed by atoms with Crippen LogP contribution in [-0.2, 0) is 5.41 Å². The van der Waals surface area contributed by atoms with Gasteiger partial charge in [-0.1, -0.05) is 58.5 Å². The van der Waals surface area contributed by atoms with Crippen LogP contribution >= 0.6 is 0 Å². The van der Waals surface area contributed by atoms with Gasteiger partial charge in [-0.2, -0.15) is 0 Å². The van der Waals surface area contributed by atoms with Crippen molar-refractivity contribution < 1.29 is 1.43 Å². The van der Waals surface area contributed by atoms with Gasteiger partial charge in [-0.25, -0.2) is 0 Å². The van der Waals surface area contributed by atoms with Crippen molar-refractivity contribution in [1.29, 1.82) is 0 Å². The summed E-state index contributed by atoms with van der Waals surface area (Å²) in [5, 5.41) is 0. The van der Waals surface area contributed by atoms with Crippen LogP contribution in [0.2, 0.25) is 0 Å². The Kier molecular flexibility index (Phi) is 3.31. The van der Waals surface area contributed by atoms with E-state index in [1.54, 1.807) is 0 Å². The van der Waals surface area contributed by atoms with E-state index in [1.165, 1.54) is 5.56 Å². The normalized spacial score (nSPS) is 10.5. The molecule has 1 rings (SSSR count). The highest BCUT2D eigenvalue weighted by Crippen LogP contribution is 2.20. The monoisotopic (exact) mass is 153 g/mol. The number of hydrogen-bond donors (Lipinski definition) is 0. The molecule has 0 heteroatoms. The molecule has 0 aliphatic rings. The van der Waals surface area contributed by atoms with Crippen molar-refractivity contribution in [3.05, 3.63) is 35.9 Å². The van der Waals surface area contributed by atoms with Crippen LogP contribution in [0.3, 0.4) is 0 Å². The van der Waals surface area contributed by atoms with Crippen LogP contribution in [0.5, 0.6) is 0 Å². The zero-order valence-electron chi connectivity index (χ0n) is 6.89. The predicted molar refractivity (Wildman–Crippen MR) is 54.0 cm³/mol. The molecule has 0 nitrogen and oxygen atoms in total. The van der Waals surface area contributed by atoms with Gasteiger partial charge in [0, 0.05) is 1.43 Å². The van der Waals surface area contributed by atoms with Crippen LogP contribution in [0.4, 0.5) is 0 Å². The molecule has 64 valence electrons. The van der Waals surface area contributed by atoms with Crippen molar-refractivity contribution >= 4 is 0 Å². The topological polar surface area (TPSA) is 0 Å². The molecule has 0 aromatic heterocycles. The quantitative estimate of drug-likeness (QED) is 0.531. The third kappa shape index (κ3) is 2.75. The van der Waals surface area contributed by atoms with Gasteiger partial charge in [0.25, 0.3) is 0 Å². The fraction of sp³-hybridized carbons (Fsp3) is 0.455. The van der Waals surface area contributed by atoms with Gasteiger partial charge < -0.3 is 0 Å². The fourth-order valence-electron chi connectivity index (χ4n) is 0.938. The fourth-order valence-corrected chi connectivity index (χ4v) is 0.938. The molecule has 0 radical (unpaired) electrons. The van der Waals surface area contributed by atoms with Crippen molar-refractivity contribution in [1.82, 2.24) is 0 Å². The van der Waals surface area contributed by atoms with E-state index in [1.807, 2.05) is 0 Å². The predicted octanol–water partition coefficient (Wildman–Crippen LogP) is 3.87. The molecular formula is C11H20. The molecular weight excluding hydrogens is 132 g/mol.